The molecule has 0 spiro atoms. The molecule has 33 heavy (non-hydrogen) atoms. The van der Waals surface area contributed by atoms with Crippen LogP contribution in [0, 0.1) is 0 Å². The number of hydrogen-bond acceptors (Lipinski definition) is 5. The van der Waals surface area contributed by atoms with Gasteiger partial charge in [0.2, 0.25) is 5.88 Å². The Hall–Kier alpha value is -4.06. The van der Waals surface area contributed by atoms with Gasteiger partial charge in [-0.1, -0.05) is 54.6 Å². The van der Waals surface area contributed by atoms with E-state index >= 15 is 0 Å². The van der Waals surface area contributed by atoms with Crippen LogP contribution in [0.4, 0.5) is 0 Å². The summed E-state index contributed by atoms with van der Waals surface area (Å²) in [5.74, 6) is 1.52. The molecule has 6 heteroatoms. The minimum Gasteiger partial charge on any atom is -0.493 e. The van der Waals surface area contributed by atoms with Crippen LogP contribution in [0.25, 0.3) is 10.9 Å². The van der Waals surface area contributed by atoms with E-state index in [0.29, 0.717) is 48.2 Å². The third-order valence-electron chi connectivity index (χ3n) is 5.15. The van der Waals surface area contributed by atoms with Gasteiger partial charge < -0.3 is 19.5 Å². The standard InChI is InChI=1S/C27H26N2O4/c1-3-32-25-15-20(13-14-24(25)31-2)17-28-27(30)22-16-26(29-23-12-8-7-11-21(22)23)33-18-19-9-5-4-6-10-19/h4-16H,3,17-18H2,1-2H3,(H,28,30). The number of carbonyl (C=O) groups is 1. The number of para-hydroxylation sites is 1. The number of pyridine rings is 1. The highest BCUT2D eigenvalue weighted by molar-refractivity contribution is 6.06. The van der Waals surface area contributed by atoms with E-state index in [1.807, 2.05) is 79.7 Å². The fourth-order valence-corrected chi connectivity index (χ4v) is 3.52. The lowest BCUT2D eigenvalue weighted by atomic mass is 10.1. The third-order valence-corrected chi connectivity index (χ3v) is 5.15. The van der Waals surface area contributed by atoms with Gasteiger partial charge in [-0.3, -0.25) is 4.79 Å². The summed E-state index contributed by atoms with van der Waals surface area (Å²) in [6, 6.07) is 24.7. The predicted molar refractivity (Wildman–Crippen MR) is 128 cm³/mol. The topological polar surface area (TPSA) is 69.7 Å². The molecule has 1 amide bonds. The lowest BCUT2D eigenvalue weighted by Gasteiger charge is -2.13. The van der Waals surface area contributed by atoms with Crippen molar-refractivity contribution in [1.29, 1.82) is 0 Å². The second-order valence-electron chi connectivity index (χ2n) is 7.40. The molecule has 6 nitrogen and oxygen atoms in total. The van der Waals surface area contributed by atoms with Gasteiger partial charge in [-0.15, -0.1) is 0 Å². The van der Waals surface area contributed by atoms with Crippen LogP contribution in [0.1, 0.15) is 28.4 Å². The van der Waals surface area contributed by atoms with Crippen molar-refractivity contribution in [3.63, 3.8) is 0 Å². The number of nitrogens with zero attached hydrogens (tertiary/aromatic N) is 1. The number of ether oxygens (including phenoxy) is 3. The van der Waals surface area contributed by atoms with E-state index in [4.69, 9.17) is 14.2 Å². The van der Waals surface area contributed by atoms with E-state index in [1.165, 1.54) is 0 Å². The van der Waals surface area contributed by atoms with Gasteiger partial charge in [0.15, 0.2) is 11.5 Å². The van der Waals surface area contributed by atoms with Crippen molar-refractivity contribution in [2.75, 3.05) is 13.7 Å². The monoisotopic (exact) mass is 442 g/mol. The molecule has 0 aliphatic heterocycles. The minimum atomic E-state index is -0.202. The molecule has 0 aliphatic carbocycles. The molecule has 3 aromatic carbocycles. The first-order valence-electron chi connectivity index (χ1n) is 10.8. The van der Waals surface area contributed by atoms with Crippen molar-refractivity contribution in [2.24, 2.45) is 0 Å². The number of carbonyl (C=O) groups excluding carboxylic acids is 1. The summed E-state index contributed by atoms with van der Waals surface area (Å²) in [7, 11) is 1.60. The van der Waals surface area contributed by atoms with Crippen LogP contribution in [0.2, 0.25) is 0 Å². The largest absolute Gasteiger partial charge is 0.493 e. The number of methoxy groups -OCH3 is 1. The van der Waals surface area contributed by atoms with Gasteiger partial charge in [0.1, 0.15) is 6.61 Å². The second-order valence-corrected chi connectivity index (χ2v) is 7.40. The maximum absolute atomic E-state index is 13.1. The number of nitrogens with one attached hydrogen (secondary N) is 1. The van der Waals surface area contributed by atoms with Gasteiger partial charge in [-0.05, 0) is 36.2 Å². The highest BCUT2D eigenvalue weighted by Crippen LogP contribution is 2.28. The van der Waals surface area contributed by atoms with E-state index in [0.717, 1.165) is 16.5 Å². The molecule has 1 N–H and O–H groups in total. The predicted octanol–water partition coefficient (Wildman–Crippen LogP) is 5.15. The van der Waals surface area contributed by atoms with Crippen molar-refractivity contribution >= 4 is 16.8 Å². The van der Waals surface area contributed by atoms with E-state index in [9.17, 15) is 4.79 Å². The average molecular weight is 443 g/mol. The lowest BCUT2D eigenvalue weighted by Crippen LogP contribution is -2.23. The number of benzene rings is 3. The quantitative estimate of drug-likeness (QED) is 0.388. The first-order chi connectivity index (χ1) is 16.2. The smallest absolute Gasteiger partial charge is 0.252 e. The fraction of sp³-hybridized carbons (Fsp3) is 0.185. The number of amides is 1. The molecule has 0 saturated carbocycles. The van der Waals surface area contributed by atoms with Gasteiger partial charge in [0, 0.05) is 18.0 Å². The highest BCUT2D eigenvalue weighted by Gasteiger charge is 2.14. The molecule has 0 bridgehead atoms. The zero-order valence-electron chi connectivity index (χ0n) is 18.7. The Morgan fingerprint density at radius 3 is 2.45 bits per heavy atom. The zero-order chi connectivity index (χ0) is 23.0. The maximum Gasteiger partial charge on any atom is 0.252 e. The molecular weight excluding hydrogens is 416 g/mol. The van der Waals surface area contributed by atoms with Crippen molar-refractivity contribution < 1.29 is 19.0 Å². The van der Waals surface area contributed by atoms with Crippen molar-refractivity contribution in [1.82, 2.24) is 10.3 Å². The molecule has 0 aliphatic rings. The van der Waals surface area contributed by atoms with Crippen LogP contribution >= 0.6 is 0 Å². The van der Waals surface area contributed by atoms with Gasteiger partial charge >= 0.3 is 0 Å². The fourth-order valence-electron chi connectivity index (χ4n) is 3.52. The van der Waals surface area contributed by atoms with Gasteiger partial charge in [0.25, 0.3) is 5.91 Å². The number of rotatable bonds is 9. The van der Waals surface area contributed by atoms with Crippen LogP contribution in [0.3, 0.4) is 0 Å². The zero-order valence-corrected chi connectivity index (χ0v) is 18.7. The van der Waals surface area contributed by atoms with E-state index < -0.39 is 0 Å². The Kier molecular flexibility index (Phi) is 7.05. The van der Waals surface area contributed by atoms with Crippen LogP contribution in [-0.2, 0) is 13.2 Å². The number of fused-ring (bicyclic) bond motifs is 1. The summed E-state index contributed by atoms with van der Waals surface area (Å²) in [6.07, 6.45) is 0. The third kappa shape index (κ3) is 5.41. The maximum atomic E-state index is 13.1. The van der Waals surface area contributed by atoms with E-state index in [-0.39, 0.29) is 5.91 Å². The van der Waals surface area contributed by atoms with Crippen LogP contribution in [-0.4, -0.2) is 24.6 Å². The summed E-state index contributed by atoms with van der Waals surface area (Å²) in [6.45, 7) is 3.17. The van der Waals surface area contributed by atoms with E-state index in [2.05, 4.69) is 10.3 Å². The summed E-state index contributed by atoms with van der Waals surface area (Å²) >= 11 is 0. The molecule has 4 rings (SSSR count). The minimum absolute atomic E-state index is 0.202. The summed E-state index contributed by atoms with van der Waals surface area (Å²) in [5.41, 5.74) is 3.16. The molecule has 0 fully saturated rings. The number of aromatic nitrogens is 1. The molecule has 0 atom stereocenters. The molecule has 1 heterocycles. The Bertz CT molecular complexity index is 1240. The van der Waals surface area contributed by atoms with Crippen LogP contribution in [0.5, 0.6) is 17.4 Å². The van der Waals surface area contributed by atoms with Gasteiger partial charge in [0.05, 0.1) is 24.8 Å². The molecule has 4 aromatic rings. The Balaban J connectivity index is 1.54. The van der Waals surface area contributed by atoms with E-state index in [1.54, 1.807) is 13.2 Å². The van der Waals surface area contributed by atoms with Crippen LogP contribution < -0.4 is 19.5 Å². The first-order valence-corrected chi connectivity index (χ1v) is 10.8. The Morgan fingerprint density at radius 2 is 1.67 bits per heavy atom. The SMILES string of the molecule is CCOc1cc(CNC(=O)c2cc(OCc3ccccc3)nc3ccccc23)ccc1OC. The average Bonchev–Trinajstić information content (AvgIpc) is 2.86. The summed E-state index contributed by atoms with van der Waals surface area (Å²) in [5, 5.41) is 3.77. The first kappa shape index (κ1) is 22.1. The highest BCUT2D eigenvalue weighted by atomic mass is 16.5. The molecule has 0 unspecified atom stereocenters. The van der Waals surface area contributed by atoms with Crippen molar-refractivity contribution in [3.05, 3.63) is 95.6 Å². The Morgan fingerprint density at radius 1 is 0.879 bits per heavy atom. The van der Waals surface area contributed by atoms with Gasteiger partial charge in [-0.2, -0.15) is 0 Å². The number of hydrogen-bond donors (Lipinski definition) is 1. The van der Waals surface area contributed by atoms with Crippen molar-refractivity contribution in [2.45, 2.75) is 20.1 Å². The molecule has 168 valence electrons. The molecule has 0 saturated heterocycles. The summed E-state index contributed by atoms with van der Waals surface area (Å²) in [4.78, 5) is 17.7. The molecule has 1 aromatic heterocycles. The molecular formula is C27H26N2O4. The van der Waals surface area contributed by atoms with Gasteiger partial charge in [-0.25, -0.2) is 4.98 Å². The lowest BCUT2D eigenvalue weighted by molar-refractivity contribution is 0.0952. The normalized spacial score (nSPS) is 10.6. The molecule has 0 radical (unpaired) electrons. The van der Waals surface area contributed by atoms with Crippen LogP contribution in [0.15, 0.2) is 78.9 Å². The second kappa shape index (κ2) is 10.5. The summed E-state index contributed by atoms with van der Waals surface area (Å²) < 4.78 is 16.9. The van der Waals surface area contributed by atoms with Crippen molar-refractivity contribution in [3.8, 4) is 17.4 Å². The Labute approximate surface area is 193 Å².